The second-order valence-electron chi connectivity index (χ2n) is 3.33. The van der Waals surface area contributed by atoms with E-state index in [0.717, 1.165) is 4.47 Å². The topological polar surface area (TPSA) is 30.5 Å². The van der Waals surface area contributed by atoms with E-state index in [0.29, 0.717) is 13.2 Å². The summed E-state index contributed by atoms with van der Waals surface area (Å²) >= 11 is 3.27. The highest BCUT2D eigenvalue weighted by atomic mass is 79.9. The predicted octanol–water partition coefficient (Wildman–Crippen LogP) is 2.20. The first-order valence-electron chi connectivity index (χ1n) is 4.92. The summed E-state index contributed by atoms with van der Waals surface area (Å²) in [6.45, 7) is 1.01. The predicted molar refractivity (Wildman–Crippen MR) is 64.3 cm³/mol. The molecule has 16 heavy (non-hydrogen) atoms. The zero-order chi connectivity index (χ0) is 12.0. The van der Waals surface area contributed by atoms with Crippen molar-refractivity contribution in [2.24, 2.45) is 0 Å². The molecule has 1 atom stereocenters. The lowest BCUT2D eigenvalue weighted by Crippen LogP contribution is -2.33. The number of hydrogen-bond donors (Lipinski definition) is 1. The second kappa shape index (κ2) is 6.83. The molecule has 0 aliphatic carbocycles. The Bertz CT molecular complexity index is 330. The second-order valence-corrected chi connectivity index (χ2v) is 4.24. The van der Waals surface area contributed by atoms with Gasteiger partial charge in [-0.1, -0.05) is 15.9 Å². The van der Waals surface area contributed by atoms with E-state index >= 15 is 0 Å². The Morgan fingerprint density at radius 1 is 1.50 bits per heavy atom. The van der Waals surface area contributed by atoms with Gasteiger partial charge >= 0.3 is 0 Å². The molecule has 1 rings (SSSR count). The van der Waals surface area contributed by atoms with Crippen LogP contribution in [0.1, 0.15) is 0 Å². The SMILES string of the molecule is CNCC(COC)Oc1cc(Br)ccc1F. The summed E-state index contributed by atoms with van der Waals surface area (Å²) in [6, 6.07) is 4.60. The molecule has 1 aromatic carbocycles. The number of benzene rings is 1. The van der Waals surface area contributed by atoms with Crippen LogP contribution in [-0.2, 0) is 4.74 Å². The van der Waals surface area contributed by atoms with Gasteiger partial charge in [-0.3, -0.25) is 0 Å². The smallest absolute Gasteiger partial charge is 0.165 e. The molecule has 5 heteroatoms. The van der Waals surface area contributed by atoms with E-state index in [1.54, 1.807) is 19.2 Å². The third-order valence-electron chi connectivity index (χ3n) is 1.97. The van der Waals surface area contributed by atoms with Crippen LogP contribution < -0.4 is 10.1 Å². The van der Waals surface area contributed by atoms with Crippen LogP contribution in [0.2, 0.25) is 0 Å². The van der Waals surface area contributed by atoms with Gasteiger partial charge in [-0.2, -0.15) is 0 Å². The van der Waals surface area contributed by atoms with Crippen LogP contribution in [0.25, 0.3) is 0 Å². The fraction of sp³-hybridized carbons (Fsp3) is 0.455. The van der Waals surface area contributed by atoms with Crippen LogP contribution in [-0.4, -0.2) is 33.4 Å². The molecule has 90 valence electrons. The third kappa shape index (κ3) is 4.08. The Morgan fingerprint density at radius 3 is 2.88 bits per heavy atom. The molecule has 1 unspecified atom stereocenters. The van der Waals surface area contributed by atoms with Gasteiger partial charge in [0.2, 0.25) is 0 Å². The quantitative estimate of drug-likeness (QED) is 0.872. The Balaban J connectivity index is 2.71. The first kappa shape index (κ1) is 13.4. The molecule has 0 amide bonds. The lowest BCUT2D eigenvalue weighted by molar-refractivity contribution is 0.0791. The minimum atomic E-state index is -0.375. The van der Waals surface area contributed by atoms with Gasteiger partial charge in [-0.15, -0.1) is 0 Å². The lowest BCUT2D eigenvalue weighted by atomic mass is 10.3. The molecule has 0 aliphatic rings. The Hall–Kier alpha value is -0.650. The first-order chi connectivity index (χ1) is 7.67. The summed E-state index contributed by atoms with van der Waals surface area (Å²) in [5, 5.41) is 2.97. The average molecular weight is 292 g/mol. The maximum Gasteiger partial charge on any atom is 0.165 e. The van der Waals surface area contributed by atoms with Crippen molar-refractivity contribution >= 4 is 15.9 Å². The zero-order valence-electron chi connectivity index (χ0n) is 9.30. The number of halogens is 2. The van der Waals surface area contributed by atoms with Gasteiger partial charge in [0.05, 0.1) is 6.61 Å². The molecule has 0 saturated carbocycles. The molecule has 0 saturated heterocycles. The monoisotopic (exact) mass is 291 g/mol. The summed E-state index contributed by atoms with van der Waals surface area (Å²) < 4.78 is 24.7. The van der Waals surface area contributed by atoms with E-state index < -0.39 is 0 Å². The summed E-state index contributed by atoms with van der Waals surface area (Å²) in [6.07, 6.45) is -0.209. The number of methoxy groups -OCH3 is 1. The van der Waals surface area contributed by atoms with E-state index in [-0.39, 0.29) is 17.7 Å². The van der Waals surface area contributed by atoms with E-state index in [9.17, 15) is 4.39 Å². The van der Waals surface area contributed by atoms with Crippen molar-refractivity contribution in [3.63, 3.8) is 0 Å². The maximum atomic E-state index is 13.4. The molecule has 0 spiro atoms. The third-order valence-corrected chi connectivity index (χ3v) is 2.46. The molecular formula is C11H15BrFNO2. The number of rotatable bonds is 6. The minimum absolute atomic E-state index is 0.209. The summed E-state index contributed by atoms with van der Waals surface area (Å²) in [4.78, 5) is 0. The van der Waals surface area contributed by atoms with E-state index in [1.807, 2.05) is 7.05 Å². The zero-order valence-corrected chi connectivity index (χ0v) is 10.9. The molecule has 1 N–H and O–H groups in total. The highest BCUT2D eigenvalue weighted by Gasteiger charge is 2.12. The Morgan fingerprint density at radius 2 is 2.25 bits per heavy atom. The van der Waals surface area contributed by atoms with E-state index in [1.165, 1.54) is 6.07 Å². The molecule has 0 bridgehead atoms. The average Bonchev–Trinajstić information content (AvgIpc) is 2.24. The molecule has 0 aliphatic heterocycles. The maximum absolute atomic E-state index is 13.4. The van der Waals surface area contributed by atoms with Crippen LogP contribution in [0.4, 0.5) is 4.39 Å². The number of ether oxygens (including phenoxy) is 2. The van der Waals surface area contributed by atoms with Crippen molar-refractivity contribution in [1.82, 2.24) is 5.32 Å². The number of nitrogens with one attached hydrogen (secondary N) is 1. The van der Waals surface area contributed by atoms with Gasteiger partial charge in [0.1, 0.15) is 6.10 Å². The molecule has 0 aromatic heterocycles. The summed E-state index contributed by atoms with van der Waals surface area (Å²) in [5.41, 5.74) is 0. The van der Waals surface area contributed by atoms with Crippen molar-refractivity contribution in [1.29, 1.82) is 0 Å². The van der Waals surface area contributed by atoms with Crippen LogP contribution in [0.15, 0.2) is 22.7 Å². The van der Waals surface area contributed by atoms with Crippen molar-refractivity contribution in [2.75, 3.05) is 27.3 Å². The standard InChI is InChI=1S/C11H15BrFNO2/c1-14-6-9(7-15-2)16-11-5-8(12)3-4-10(11)13/h3-5,9,14H,6-7H2,1-2H3. The molecular weight excluding hydrogens is 277 g/mol. The van der Waals surface area contributed by atoms with Gasteiger partial charge < -0.3 is 14.8 Å². The van der Waals surface area contributed by atoms with Gasteiger partial charge in [-0.25, -0.2) is 4.39 Å². The van der Waals surface area contributed by atoms with Crippen molar-refractivity contribution in [3.8, 4) is 5.75 Å². The molecule has 3 nitrogen and oxygen atoms in total. The lowest BCUT2D eigenvalue weighted by Gasteiger charge is -2.18. The van der Waals surface area contributed by atoms with Crippen LogP contribution >= 0.6 is 15.9 Å². The molecule has 1 aromatic rings. The Kier molecular flexibility index (Phi) is 5.73. The van der Waals surface area contributed by atoms with E-state index in [2.05, 4.69) is 21.2 Å². The normalized spacial score (nSPS) is 12.5. The van der Waals surface area contributed by atoms with Crippen molar-refractivity contribution in [3.05, 3.63) is 28.5 Å². The molecule has 0 heterocycles. The fourth-order valence-corrected chi connectivity index (χ4v) is 1.64. The van der Waals surface area contributed by atoms with Gasteiger partial charge in [0.25, 0.3) is 0 Å². The first-order valence-corrected chi connectivity index (χ1v) is 5.72. The number of hydrogen-bond acceptors (Lipinski definition) is 3. The van der Waals surface area contributed by atoms with Crippen LogP contribution in [0.3, 0.4) is 0 Å². The summed E-state index contributed by atoms with van der Waals surface area (Å²) in [5.74, 6) is -0.146. The number of likely N-dealkylation sites (N-methyl/N-ethyl adjacent to an activating group) is 1. The van der Waals surface area contributed by atoms with Gasteiger partial charge in [0.15, 0.2) is 11.6 Å². The Labute approximate surface area is 103 Å². The van der Waals surface area contributed by atoms with Crippen LogP contribution in [0, 0.1) is 5.82 Å². The van der Waals surface area contributed by atoms with Crippen LogP contribution in [0.5, 0.6) is 5.75 Å². The van der Waals surface area contributed by atoms with Gasteiger partial charge in [-0.05, 0) is 25.2 Å². The van der Waals surface area contributed by atoms with Gasteiger partial charge in [0, 0.05) is 18.1 Å². The molecule has 0 fully saturated rings. The van der Waals surface area contributed by atoms with E-state index in [4.69, 9.17) is 9.47 Å². The molecule has 0 radical (unpaired) electrons. The minimum Gasteiger partial charge on any atom is -0.484 e. The highest BCUT2D eigenvalue weighted by Crippen LogP contribution is 2.23. The highest BCUT2D eigenvalue weighted by molar-refractivity contribution is 9.10. The largest absolute Gasteiger partial charge is 0.484 e. The van der Waals surface area contributed by atoms with Crippen molar-refractivity contribution < 1.29 is 13.9 Å². The summed E-state index contributed by atoms with van der Waals surface area (Å²) in [7, 11) is 3.40. The van der Waals surface area contributed by atoms with Crippen molar-refractivity contribution in [2.45, 2.75) is 6.10 Å². The fourth-order valence-electron chi connectivity index (χ4n) is 1.30.